The van der Waals surface area contributed by atoms with Crippen molar-refractivity contribution in [3.05, 3.63) is 34.3 Å². The molecule has 100 valence electrons. The van der Waals surface area contributed by atoms with Crippen LogP contribution >= 0.6 is 24.0 Å². The Labute approximate surface area is 119 Å². The zero-order valence-corrected chi connectivity index (χ0v) is 11.9. The summed E-state index contributed by atoms with van der Waals surface area (Å²) < 4.78 is 0. The summed E-state index contributed by atoms with van der Waals surface area (Å²) >= 11 is 5.95. The molecule has 1 aliphatic rings. The van der Waals surface area contributed by atoms with Crippen molar-refractivity contribution in [2.75, 3.05) is 13.1 Å². The number of carbonyl (C=O) groups is 1. The molecule has 0 aliphatic carbocycles. The molecule has 1 atom stereocenters. The number of hydrogen-bond donors (Lipinski definition) is 1. The molecule has 1 aromatic rings. The molecule has 3 nitrogen and oxygen atoms in total. The van der Waals surface area contributed by atoms with E-state index in [2.05, 4.69) is 0 Å². The third-order valence-electron chi connectivity index (χ3n) is 3.15. The first-order valence-corrected chi connectivity index (χ1v) is 6.26. The predicted octanol–water partition coefficient (Wildman–Crippen LogP) is 2.63. The molecular formula is C13H18Cl2N2O. The first kappa shape index (κ1) is 15.3. The maximum absolute atomic E-state index is 12.2. The number of nitrogens with two attached hydrogens (primary N) is 1. The summed E-state index contributed by atoms with van der Waals surface area (Å²) in [6.07, 6.45) is 1.99. The van der Waals surface area contributed by atoms with Gasteiger partial charge >= 0.3 is 0 Å². The van der Waals surface area contributed by atoms with Gasteiger partial charge in [-0.3, -0.25) is 4.79 Å². The van der Waals surface area contributed by atoms with Gasteiger partial charge in [-0.15, -0.1) is 12.4 Å². The van der Waals surface area contributed by atoms with Gasteiger partial charge in [-0.2, -0.15) is 0 Å². The van der Waals surface area contributed by atoms with Gasteiger partial charge in [0.25, 0.3) is 5.91 Å². The van der Waals surface area contributed by atoms with Crippen LogP contribution in [-0.4, -0.2) is 29.9 Å². The van der Waals surface area contributed by atoms with Crippen molar-refractivity contribution in [2.45, 2.75) is 25.8 Å². The van der Waals surface area contributed by atoms with E-state index in [-0.39, 0.29) is 24.4 Å². The first-order chi connectivity index (χ1) is 8.08. The van der Waals surface area contributed by atoms with E-state index in [1.165, 1.54) is 0 Å². The zero-order chi connectivity index (χ0) is 12.4. The Kier molecular flexibility index (Phi) is 5.45. The first-order valence-electron chi connectivity index (χ1n) is 5.89. The predicted molar refractivity (Wildman–Crippen MR) is 76.5 cm³/mol. The Morgan fingerprint density at radius 2 is 2.22 bits per heavy atom. The number of likely N-dealkylation sites (tertiary alicyclic amines) is 1. The minimum absolute atomic E-state index is 0. The van der Waals surface area contributed by atoms with E-state index in [1.54, 1.807) is 12.1 Å². The second-order valence-electron chi connectivity index (χ2n) is 4.62. The van der Waals surface area contributed by atoms with Crippen LogP contribution in [0.25, 0.3) is 0 Å². The minimum atomic E-state index is 0. The Morgan fingerprint density at radius 3 is 2.83 bits per heavy atom. The summed E-state index contributed by atoms with van der Waals surface area (Å²) in [5.74, 6) is 0.0555. The Hall–Kier alpha value is -0.770. The fourth-order valence-corrected chi connectivity index (χ4v) is 2.27. The van der Waals surface area contributed by atoms with E-state index in [0.29, 0.717) is 17.1 Å². The summed E-state index contributed by atoms with van der Waals surface area (Å²) in [5, 5.41) is 0.692. The van der Waals surface area contributed by atoms with E-state index in [4.69, 9.17) is 17.3 Å². The summed E-state index contributed by atoms with van der Waals surface area (Å²) in [6.45, 7) is 3.36. The number of nitrogens with zero attached hydrogens (tertiary/aromatic N) is 1. The van der Waals surface area contributed by atoms with E-state index in [0.717, 1.165) is 24.9 Å². The van der Waals surface area contributed by atoms with Crippen LogP contribution in [0.1, 0.15) is 28.8 Å². The number of rotatable bonds is 1. The second-order valence-corrected chi connectivity index (χ2v) is 5.02. The fraction of sp³-hybridized carbons (Fsp3) is 0.462. The largest absolute Gasteiger partial charge is 0.337 e. The molecule has 0 saturated carbocycles. The Bertz CT molecular complexity index is 437. The molecule has 1 fully saturated rings. The average Bonchev–Trinajstić information content (AvgIpc) is 2.32. The highest BCUT2D eigenvalue weighted by Crippen LogP contribution is 2.19. The van der Waals surface area contributed by atoms with Crippen molar-refractivity contribution >= 4 is 29.9 Å². The molecule has 0 bridgehead atoms. The van der Waals surface area contributed by atoms with Crippen molar-refractivity contribution in [3.63, 3.8) is 0 Å². The van der Waals surface area contributed by atoms with E-state index >= 15 is 0 Å². The van der Waals surface area contributed by atoms with E-state index in [1.807, 2.05) is 17.9 Å². The van der Waals surface area contributed by atoms with Gasteiger partial charge in [0.1, 0.15) is 0 Å². The van der Waals surface area contributed by atoms with Gasteiger partial charge in [0.2, 0.25) is 0 Å². The smallest absolute Gasteiger partial charge is 0.253 e. The number of aryl methyl sites for hydroxylation is 1. The quantitative estimate of drug-likeness (QED) is 0.864. The van der Waals surface area contributed by atoms with Crippen molar-refractivity contribution in [2.24, 2.45) is 5.73 Å². The topological polar surface area (TPSA) is 46.3 Å². The molecule has 0 spiro atoms. The molecule has 2 N–H and O–H groups in total. The van der Waals surface area contributed by atoms with E-state index in [9.17, 15) is 4.79 Å². The molecular weight excluding hydrogens is 271 g/mol. The van der Waals surface area contributed by atoms with Crippen LogP contribution < -0.4 is 5.73 Å². The highest BCUT2D eigenvalue weighted by atomic mass is 35.5. The van der Waals surface area contributed by atoms with Gasteiger partial charge in [0.05, 0.1) is 0 Å². The molecule has 0 aromatic heterocycles. The number of amides is 1. The molecule has 1 aliphatic heterocycles. The maximum Gasteiger partial charge on any atom is 0.253 e. The molecule has 1 aromatic carbocycles. The number of piperidine rings is 1. The van der Waals surface area contributed by atoms with Crippen molar-refractivity contribution in [1.82, 2.24) is 4.90 Å². The van der Waals surface area contributed by atoms with Crippen LogP contribution in [0.15, 0.2) is 18.2 Å². The molecule has 1 heterocycles. The number of hydrogen-bond acceptors (Lipinski definition) is 2. The molecule has 2 rings (SSSR count). The SMILES string of the molecule is Cc1cc(C(=O)N2CCC[C@@H](N)C2)ccc1Cl.Cl. The standard InChI is InChI=1S/C13H17ClN2O.ClH/c1-9-7-10(4-5-12(9)14)13(17)16-6-2-3-11(15)8-16;/h4-5,7,11H,2-3,6,8,15H2,1H3;1H/t11-;/m1./s1. The molecule has 0 unspecified atom stereocenters. The normalized spacial score (nSPS) is 19.3. The van der Waals surface area contributed by atoms with Crippen LogP contribution in [0.3, 0.4) is 0 Å². The lowest BCUT2D eigenvalue weighted by Gasteiger charge is -2.30. The Morgan fingerprint density at radius 1 is 1.50 bits per heavy atom. The lowest BCUT2D eigenvalue weighted by Crippen LogP contribution is -2.45. The summed E-state index contributed by atoms with van der Waals surface area (Å²) in [6, 6.07) is 5.50. The molecule has 18 heavy (non-hydrogen) atoms. The maximum atomic E-state index is 12.2. The molecule has 0 radical (unpaired) electrons. The van der Waals surface area contributed by atoms with E-state index < -0.39 is 0 Å². The van der Waals surface area contributed by atoms with Gasteiger partial charge in [-0.1, -0.05) is 11.6 Å². The third kappa shape index (κ3) is 3.37. The number of carbonyl (C=O) groups excluding carboxylic acids is 1. The summed E-state index contributed by atoms with van der Waals surface area (Å²) in [4.78, 5) is 14.1. The van der Waals surface area contributed by atoms with Gasteiger partial charge in [0, 0.05) is 29.7 Å². The number of benzene rings is 1. The van der Waals surface area contributed by atoms with Gasteiger partial charge in [-0.25, -0.2) is 0 Å². The fourth-order valence-electron chi connectivity index (χ4n) is 2.15. The third-order valence-corrected chi connectivity index (χ3v) is 3.57. The summed E-state index contributed by atoms with van der Waals surface area (Å²) in [7, 11) is 0. The average molecular weight is 289 g/mol. The lowest BCUT2D eigenvalue weighted by atomic mass is 10.0. The molecule has 5 heteroatoms. The van der Waals surface area contributed by atoms with Crippen LogP contribution in [-0.2, 0) is 0 Å². The van der Waals surface area contributed by atoms with Crippen LogP contribution in [0.4, 0.5) is 0 Å². The molecule has 1 saturated heterocycles. The Balaban J connectivity index is 0.00000162. The highest BCUT2D eigenvalue weighted by Gasteiger charge is 2.22. The van der Waals surface area contributed by atoms with Crippen molar-refractivity contribution < 1.29 is 4.79 Å². The highest BCUT2D eigenvalue weighted by molar-refractivity contribution is 6.31. The van der Waals surface area contributed by atoms with Gasteiger partial charge in [-0.05, 0) is 43.5 Å². The lowest BCUT2D eigenvalue weighted by molar-refractivity contribution is 0.0708. The number of halogens is 2. The van der Waals surface area contributed by atoms with Crippen LogP contribution in [0, 0.1) is 6.92 Å². The van der Waals surface area contributed by atoms with Crippen LogP contribution in [0.2, 0.25) is 5.02 Å². The second kappa shape index (κ2) is 6.41. The molecule has 1 amide bonds. The monoisotopic (exact) mass is 288 g/mol. The van der Waals surface area contributed by atoms with Crippen LogP contribution in [0.5, 0.6) is 0 Å². The van der Waals surface area contributed by atoms with Gasteiger partial charge < -0.3 is 10.6 Å². The zero-order valence-electron chi connectivity index (χ0n) is 10.4. The van der Waals surface area contributed by atoms with Crippen molar-refractivity contribution in [3.8, 4) is 0 Å². The summed E-state index contributed by atoms with van der Waals surface area (Å²) in [5.41, 5.74) is 7.50. The van der Waals surface area contributed by atoms with Crippen molar-refractivity contribution in [1.29, 1.82) is 0 Å². The minimum Gasteiger partial charge on any atom is -0.337 e. The van der Waals surface area contributed by atoms with Gasteiger partial charge in [0.15, 0.2) is 0 Å².